The Bertz CT molecular complexity index is 555. The molecule has 0 bridgehead atoms. The van der Waals surface area contributed by atoms with Crippen LogP contribution in [0.2, 0.25) is 5.02 Å². The van der Waals surface area contributed by atoms with Gasteiger partial charge in [-0.05, 0) is 49.6 Å². The van der Waals surface area contributed by atoms with E-state index in [1.165, 1.54) is 22.3 Å². The van der Waals surface area contributed by atoms with Crippen LogP contribution in [0.3, 0.4) is 0 Å². The Labute approximate surface area is 119 Å². The highest BCUT2D eigenvalue weighted by Crippen LogP contribution is 2.23. The van der Waals surface area contributed by atoms with Gasteiger partial charge >= 0.3 is 0 Å². The average Bonchev–Trinajstić information content (AvgIpc) is 2.34. The van der Waals surface area contributed by atoms with Gasteiger partial charge < -0.3 is 5.11 Å². The minimum Gasteiger partial charge on any atom is -0.386 e. The number of aliphatic hydroxyl groups is 1. The van der Waals surface area contributed by atoms with Crippen molar-refractivity contribution in [1.82, 2.24) is 4.98 Å². The number of nitrogens with zero attached hydrogens (tertiary/aromatic N) is 1. The summed E-state index contributed by atoms with van der Waals surface area (Å²) in [6.07, 6.45) is 1.54. The Morgan fingerprint density at radius 1 is 1.16 bits per heavy atom. The molecule has 0 amide bonds. The number of rotatable bonds is 3. The Hall–Kier alpha value is -1.38. The lowest BCUT2D eigenvalue weighted by Crippen LogP contribution is -2.07. The van der Waals surface area contributed by atoms with Crippen LogP contribution in [0.15, 0.2) is 30.5 Å². The second-order valence-electron chi connectivity index (χ2n) is 5.00. The first-order chi connectivity index (χ1) is 8.97. The molecule has 2 aromatic rings. The lowest BCUT2D eigenvalue weighted by atomic mass is 9.94. The summed E-state index contributed by atoms with van der Waals surface area (Å²) in [5, 5.41) is 10.9. The molecule has 0 radical (unpaired) electrons. The quantitative estimate of drug-likeness (QED) is 0.920. The molecule has 1 aromatic carbocycles. The van der Waals surface area contributed by atoms with E-state index in [1.807, 2.05) is 0 Å². The summed E-state index contributed by atoms with van der Waals surface area (Å²) in [6, 6.07) is 7.81. The largest absolute Gasteiger partial charge is 0.386 e. The van der Waals surface area contributed by atoms with Crippen LogP contribution in [-0.2, 0) is 6.42 Å². The van der Waals surface area contributed by atoms with Gasteiger partial charge in [0.15, 0.2) is 0 Å². The molecule has 2 rings (SSSR count). The Morgan fingerprint density at radius 2 is 1.79 bits per heavy atom. The SMILES string of the molecule is Cc1cc(C)c(CC(O)c2ccc(Cl)cn2)c(C)c1. The van der Waals surface area contributed by atoms with E-state index in [-0.39, 0.29) is 0 Å². The van der Waals surface area contributed by atoms with Crippen molar-refractivity contribution in [3.05, 3.63) is 63.4 Å². The molecule has 100 valence electrons. The van der Waals surface area contributed by atoms with Crippen LogP contribution in [0.1, 0.15) is 34.1 Å². The summed E-state index contributed by atoms with van der Waals surface area (Å²) in [4.78, 5) is 4.17. The maximum absolute atomic E-state index is 10.3. The van der Waals surface area contributed by atoms with Gasteiger partial charge in [0.25, 0.3) is 0 Å². The van der Waals surface area contributed by atoms with Gasteiger partial charge in [0.2, 0.25) is 0 Å². The van der Waals surface area contributed by atoms with E-state index in [9.17, 15) is 5.11 Å². The van der Waals surface area contributed by atoms with Crippen molar-refractivity contribution in [2.75, 3.05) is 0 Å². The van der Waals surface area contributed by atoms with Crippen LogP contribution >= 0.6 is 11.6 Å². The Morgan fingerprint density at radius 3 is 2.32 bits per heavy atom. The smallest absolute Gasteiger partial charge is 0.1000 e. The fourth-order valence-corrected chi connectivity index (χ4v) is 2.53. The Balaban J connectivity index is 2.24. The second kappa shape index (κ2) is 5.72. The van der Waals surface area contributed by atoms with Gasteiger partial charge in [-0.3, -0.25) is 4.98 Å². The standard InChI is InChI=1S/C16H18ClNO/c1-10-6-11(2)14(12(3)7-10)8-16(19)15-5-4-13(17)9-18-15/h4-7,9,16,19H,8H2,1-3H3. The maximum atomic E-state index is 10.3. The third-order valence-electron chi connectivity index (χ3n) is 3.33. The first kappa shape index (κ1) is 14.0. The summed E-state index contributed by atoms with van der Waals surface area (Å²) in [5.41, 5.74) is 5.52. The minimum atomic E-state index is -0.600. The van der Waals surface area contributed by atoms with Crippen LogP contribution < -0.4 is 0 Å². The molecule has 0 aliphatic heterocycles. The van der Waals surface area contributed by atoms with E-state index in [0.29, 0.717) is 17.1 Å². The van der Waals surface area contributed by atoms with Crippen LogP contribution in [0.5, 0.6) is 0 Å². The van der Waals surface area contributed by atoms with E-state index in [0.717, 1.165) is 0 Å². The van der Waals surface area contributed by atoms with Crippen LogP contribution in [0.25, 0.3) is 0 Å². The highest BCUT2D eigenvalue weighted by Gasteiger charge is 2.13. The van der Waals surface area contributed by atoms with Crippen molar-refractivity contribution in [3.63, 3.8) is 0 Å². The molecule has 1 N–H and O–H groups in total. The molecule has 2 nitrogen and oxygen atoms in total. The fourth-order valence-electron chi connectivity index (χ4n) is 2.41. The fraction of sp³-hybridized carbons (Fsp3) is 0.312. The summed E-state index contributed by atoms with van der Waals surface area (Å²) in [7, 11) is 0. The van der Waals surface area contributed by atoms with Gasteiger partial charge in [-0.1, -0.05) is 29.3 Å². The summed E-state index contributed by atoms with van der Waals surface area (Å²) in [6.45, 7) is 6.25. The number of benzene rings is 1. The zero-order valence-corrected chi connectivity index (χ0v) is 12.2. The lowest BCUT2D eigenvalue weighted by Gasteiger charge is -2.15. The number of aryl methyl sites for hydroxylation is 3. The van der Waals surface area contributed by atoms with Gasteiger partial charge in [-0.2, -0.15) is 0 Å². The van der Waals surface area contributed by atoms with Crippen LogP contribution in [-0.4, -0.2) is 10.1 Å². The van der Waals surface area contributed by atoms with Gasteiger partial charge in [-0.15, -0.1) is 0 Å². The molecule has 0 spiro atoms. The monoisotopic (exact) mass is 275 g/mol. The molecule has 1 heterocycles. The minimum absolute atomic E-state index is 0.576. The van der Waals surface area contributed by atoms with E-state index in [1.54, 1.807) is 18.3 Å². The van der Waals surface area contributed by atoms with E-state index >= 15 is 0 Å². The van der Waals surface area contributed by atoms with Crippen molar-refractivity contribution in [2.45, 2.75) is 33.3 Å². The molecule has 1 unspecified atom stereocenters. The molecule has 19 heavy (non-hydrogen) atoms. The number of halogens is 1. The molecule has 0 saturated carbocycles. The number of hydrogen-bond donors (Lipinski definition) is 1. The van der Waals surface area contributed by atoms with Gasteiger partial charge in [0.1, 0.15) is 0 Å². The summed E-state index contributed by atoms with van der Waals surface area (Å²) >= 11 is 5.80. The first-order valence-electron chi connectivity index (χ1n) is 6.33. The van der Waals surface area contributed by atoms with Crippen molar-refractivity contribution < 1.29 is 5.11 Å². The number of aromatic nitrogens is 1. The average molecular weight is 276 g/mol. The normalized spacial score (nSPS) is 12.5. The molecule has 3 heteroatoms. The maximum Gasteiger partial charge on any atom is 0.1000 e. The van der Waals surface area contributed by atoms with Gasteiger partial charge in [0, 0.05) is 12.6 Å². The number of hydrogen-bond acceptors (Lipinski definition) is 2. The first-order valence-corrected chi connectivity index (χ1v) is 6.71. The molecule has 0 aliphatic rings. The third kappa shape index (κ3) is 3.34. The lowest BCUT2D eigenvalue weighted by molar-refractivity contribution is 0.173. The predicted molar refractivity (Wildman–Crippen MR) is 78.6 cm³/mol. The zero-order valence-electron chi connectivity index (χ0n) is 11.4. The highest BCUT2D eigenvalue weighted by atomic mass is 35.5. The number of aliphatic hydroxyl groups excluding tert-OH is 1. The van der Waals surface area contributed by atoms with E-state index in [2.05, 4.69) is 37.9 Å². The van der Waals surface area contributed by atoms with Crippen molar-refractivity contribution in [1.29, 1.82) is 0 Å². The van der Waals surface area contributed by atoms with Gasteiger partial charge in [0.05, 0.1) is 16.8 Å². The number of pyridine rings is 1. The third-order valence-corrected chi connectivity index (χ3v) is 3.55. The van der Waals surface area contributed by atoms with Gasteiger partial charge in [-0.25, -0.2) is 0 Å². The van der Waals surface area contributed by atoms with E-state index < -0.39 is 6.10 Å². The summed E-state index contributed by atoms with van der Waals surface area (Å²) < 4.78 is 0. The predicted octanol–water partition coefficient (Wildman–Crippen LogP) is 3.94. The Kier molecular flexibility index (Phi) is 4.23. The molecule has 0 aliphatic carbocycles. The topological polar surface area (TPSA) is 33.1 Å². The van der Waals surface area contributed by atoms with Crippen molar-refractivity contribution >= 4 is 11.6 Å². The highest BCUT2D eigenvalue weighted by molar-refractivity contribution is 6.30. The van der Waals surface area contributed by atoms with Crippen molar-refractivity contribution in [2.24, 2.45) is 0 Å². The second-order valence-corrected chi connectivity index (χ2v) is 5.43. The van der Waals surface area contributed by atoms with Crippen LogP contribution in [0.4, 0.5) is 0 Å². The summed E-state index contributed by atoms with van der Waals surface area (Å²) in [5.74, 6) is 0. The van der Waals surface area contributed by atoms with Crippen molar-refractivity contribution in [3.8, 4) is 0 Å². The molecule has 1 aromatic heterocycles. The molecular weight excluding hydrogens is 258 g/mol. The zero-order chi connectivity index (χ0) is 14.0. The van der Waals surface area contributed by atoms with Crippen LogP contribution in [0, 0.1) is 20.8 Å². The molecule has 1 atom stereocenters. The van der Waals surface area contributed by atoms with E-state index in [4.69, 9.17) is 11.6 Å². The molecular formula is C16H18ClNO. The molecule has 0 fully saturated rings. The molecule has 0 saturated heterocycles.